The van der Waals surface area contributed by atoms with Gasteiger partial charge in [0.1, 0.15) is 19.8 Å². The standard InChI is InChI=1S/C51H92NO8P/c1-6-8-10-12-14-16-18-20-22-24-26-28-30-32-34-36-38-40-42-44-51(54)60-49(48-59-61(55,56)58-46-45-52(3,4)5)47-57-50(53)43-41-39-37-35-33-31-29-27-25-23-21-19-17-15-13-11-9-7-2/h8,10,14,16,20,22,26,28,32,34,49H,6-7,9,11-13,15,17-19,21,23-25,27,29-31,33,35-48H2,1-5H3/p+1/b10-8-,16-14-,22-20-,28-26-,34-32-. The Morgan fingerprint density at radius 2 is 0.934 bits per heavy atom. The van der Waals surface area contributed by atoms with E-state index >= 15 is 0 Å². The lowest BCUT2D eigenvalue weighted by Gasteiger charge is -2.24. The summed E-state index contributed by atoms with van der Waals surface area (Å²) in [5.74, 6) is -0.833. The molecule has 0 bridgehead atoms. The van der Waals surface area contributed by atoms with Crippen molar-refractivity contribution in [1.82, 2.24) is 0 Å². The SMILES string of the molecule is CC/C=C\C/C=C\C/C=C\C/C=C\C/C=C\CCCCCC(=O)OC(COC(=O)CCCCCCCCCCCCCCCCCCCC)COP(=O)(O)OCC[N+](C)(C)C. The number of unbranched alkanes of at least 4 members (excludes halogenated alkanes) is 20. The summed E-state index contributed by atoms with van der Waals surface area (Å²) in [5, 5.41) is 0. The number of carbonyl (C=O) groups excluding carboxylic acids is 2. The number of ether oxygens (including phenoxy) is 2. The van der Waals surface area contributed by atoms with Crippen LogP contribution in [0.3, 0.4) is 0 Å². The van der Waals surface area contributed by atoms with Gasteiger partial charge in [-0.2, -0.15) is 0 Å². The second-order valence-electron chi connectivity index (χ2n) is 17.5. The number of quaternary nitrogens is 1. The van der Waals surface area contributed by atoms with Gasteiger partial charge in [-0.25, -0.2) is 4.57 Å². The molecule has 0 saturated heterocycles. The minimum Gasteiger partial charge on any atom is -0.462 e. The van der Waals surface area contributed by atoms with Crippen LogP contribution in [0.2, 0.25) is 0 Å². The molecule has 0 aromatic rings. The average molecular weight is 879 g/mol. The first-order valence-corrected chi connectivity index (χ1v) is 26.0. The van der Waals surface area contributed by atoms with E-state index in [-0.39, 0.29) is 32.0 Å². The van der Waals surface area contributed by atoms with E-state index in [9.17, 15) is 19.0 Å². The molecule has 0 aromatic heterocycles. The van der Waals surface area contributed by atoms with Crippen LogP contribution >= 0.6 is 7.82 Å². The predicted molar refractivity (Wildman–Crippen MR) is 256 cm³/mol. The van der Waals surface area contributed by atoms with E-state index in [0.717, 1.165) is 70.6 Å². The first-order chi connectivity index (χ1) is 29.5. The van der Waals surface area contributed by atoms with Gasteiger partial charge in [-0.3, -0.25) is 18.6 Å². The number of hydrogen-bond acceptors (Lipinski definition) is 7. The molecule has 61 heavy (non-hydrogen) atoms. The van der Waals surface area contributed by atoms with Crippen molar-refractivity contribution in [1.29, 1.82) is 0 Å². The van der Waals surface area contributed by atoms with Crippen molar-refractivity contribution in [2.45, 2.75) is 206 Å². The summed E-state index contributed by atoms with van der Waals surface area (Å²) in [6.45, 7) is 4.28. The van der Waals surface area contributed by atoms with Crippen LogP contribution in [0.1, 0.15) is 200 Å². The highest BCUT2D eigenvalue weighted by atomic mass is 31.2. The van der Waals surface area contributed by atoms with Gasteiger partial charge in [0.25, 0.3) is 0 Å². The zero-order chi connectivity index (χ0) is 45.0. The van der Waals surface area contributed by atoms with Gasteiger partial charge < -0.3 is 18.9 Å². The van der Waals surface area contributed by atoms with Gasteiger partial charge in [0.2, 0.25) is 0 Å². The Bertz CT molecular complexity index is 1220. The summed E-state index contributed by atoms with van der Waals surface area (Å²) < 4.78 is 34.4. The van der Waals surface area contributed by atoms with Crippen molar-refractivity contribution < 1.29 is 42.1 Å². The van der Waals surface area contributed by atoms with Crippen molar-refractivity contribution in [2.75, 3.05) is 47.5 Å². The van der Waals surface area contributed by atoms with Crippen molar-refractivity contribution in [3.63, 3.8) is 0 Å². The number of phosphoric acid groups is 1. The lowest BCUT2D eigenvalue weighted by molar-refractivity contribution is -0.870. The Morgan fingerprint density at radius 3 is 1.39 bits per heavy atom. The number of allylic oxidation sites excluding steroid dienone is 10. The van der Waals surface area contributed by atoms with E-state index in [2.05, 4.69) is 74.6 Å². The topological polar surface area (TPSA) is 108 Å². The summed E-state index contributed by atoms with van der Waals surface area (Å²) in [4.78, 5) is 35.5. The maximum absolute atomic E-state index is 12.7. The Balaban J connectivity index is 4.35. The zero-order valence-electron chi connectivity index (χ0n) is 39.9. The first-order valence-electron chi connectivity index (χ1n) is 24.5. The van der Waals surface area contributed by atoms with Crippen LogP contribution in [0.5, 0.6) is 0 Å². The molecule has 0 saturated carbocycles. The molecule has 1 N–H and O–H groups in total. The fourth-order valence-electron chi connectivity index (χ4n) is 6.51. The van der Waals surface area contributed by atoms with E-state index in [4.69, 9.17) is 18.5 Å². The fraction of sp³-hybridized carbons (Fsp3) is 0.765. The molecule has 9 nitrogen and oxygen atoms in total. The minimum absolute atomic E-state index is 0.0236. The van der Waals surface area contributed by atoms with E-state index < -0.39 is 26.5 Å². The largest absolute Gasteiger partial charge is 0.472 e. The lowest BCUT2D eigenvalue weighted by Crippen LogP contribution is -2.37. The molecule has 2 unspecified atom stereocenters. The third-order valence-corrected chi connectivity index (χ3v) is 11.3. The summed E-state index contributed by atoms with van der Waals surface area (Å²) >= 11 is 0. The van der Waals surface area contributed by atoms with Gasteiger partial charge >= 0.3 is 19.8 Å². The molecule has 0 aromatic carbocycles. The lowest BCUT2D eigenvalue weighted by atomic mass is 10.0. The molecule has 0 aliphatic heterocycles. The van der Waals surface area contributed by atoms with Crippen LogP contribution in [0.15, 0.2) is 60.8 Å². The van der Waals surface area contributed by atoms with E-state index in [0.29, 0.717) is 17.4 Å². The highest BCUT2D eigenvalue weighted by Gasteiger charge is 2.27. The molecule has 0 aliphatic rings. The molecule has 0 rings (SSSR count). The van der Waals surface area contributed by atoms with Crippen LogP contribution in [0.4, 0.5) is 0 Å². The molecular weight excluding hydrogens is 786 g/mol. The van der Waals surface area contributed by atoms with Gasteiger partial charge in [-0.15, -0.1) is 0 Å². The number of carbonyl (C=O) groups is 2. The van der Waals surface area contributed by atoms with Crippen molar-refractivity contribution in [3.8, 4) is 0 Å². The summed E-state index contributed by atoms with van der Waals surface area (Å²) in [7, 11) is 1.45. The van der Waals surface area contributed by atoms with E-state index in [1.165, 1.54) is 96.3 Å². The second kappa shape index (κ2) is 43.0. The van der Waals surface area contributed by atoms with Gasteiger partial charge in [-0.05, 0) is 57.8 Å². The van der Waals surface area contributed by atoms with Crippen LogP contribution < -0.4 is 0 Å². The molecule has 0 fully saturated rings. The monoisotopic (exact) mass is 879 g/mol. The Kier molecular flexibility index (Phi) is 41.4. The van der Waals surface area contributed by atoms with Crippen LogP contribution in [0, 0.1) is 0 Å². The highest BCUT2D eigenvalue weighted by molar-refractivity contribution is 7.47. The third kappa shape index (κ3) is 47.0. The number of rotatable bonds is 44. The number of hydrogen-bond donors (Lipinski definition) is 1. The quantitative estimate of drug-likeness (QED) is 0.0212. The maximum atomic E-state index is 12.7. The average Bonchev–Trinajstić information content (AvgIpc) is 3.21. The summed E-state index contributed by atoms with van der Waals surface area (Å²) in [5.41, 5.74) is 0. The molecule has 10 heteroatoms. The van der Waals surface area contributed by atoms with E-state index in [1.807, 2.05) is 21.1 Å². The normalized spacial score (nSPS) is 14.0. The van der Waals surface area contributed by atoms with Gasteiger partial charge in [0.05, 0.1) is 27.7 Å². The zero-order valence-corrected chi connectivity index (χ0v) is 40.8. The van der Waals surface area contributed by atoms with Crippen LogP contribution in [-0.2, 0) is 32.7 Å². The molecule has 2 atom stereocenters. The third-order valence-electron chi connectivity index (χ3n) is 10.3. The van der Waals surface area contributed by atoms with Gasteiger partial charge in [-0.1, -0.05) is 190 Å². The number of esters is 2. The minimum atomic E-state index is -4.39. The Morgan fingerprint density at radius 1 is 0.525 bits per heavy atom. The van der Waals surface area contributed by atoms with Crippen molar-refractivity contribution in [2.24, 2.45) is 0 Å². The van der Waals surface area contributed by atoms with Gasteiger partial charge in [0.15, 0.2) is 6.10 Å². The molecular formula is C51H93NO8P+. The first kappa shape index (κ1) is 58.7. The van der Waals surface area contributed by atoms with Crippen molar-refractivity contribution in [3.05, 3.63) is 60.8 Å². The van der Waals surface area contributed by atoms with Crippen molar-refractivity contribution >= 4 is 19.8 Å². The molecule has 0 heterocycles. The number of likely N-dealkylation sites (N-methyl/N-ethyl adjacent to an activating group) is 1. The molecule has 0 amide bonds. The fourth-order valence-corrected chi connectivity index (χ4v) is 7.25. The van der Waals surface area contributed by atoms with Crippen LogP contribution in [-0.4, -0.2) is 74.9 Å². The summed E-state index contributed by atoms with van der Waals surface area (Å²) in [6, 6.07) is 0. The molecule has 0 aliphatic carbocycles. The van der Waals surface area contributed by atoms with Crippen LogP contribution in [0.25, 0.3) is 0 Å². The predicted octanol–water partition coefficient (Wildman–Crippen LogP) is 14.4. The smallest absolute Gasteiger partial charge is 0.462 e. The van der Waals surface area contributed by atoms with Gasteiger partial charge in [0, 0.05) is 12.8 Å². The molecule has 0 spiro atoms. The highest BCUT2D eigenvalue weighted by Crippen LogP contribution is 2.43. The molecule has 354 valence electrons. The Hall–Kier alpha value is -2.29. The maximum Gasteiger partial charge on any atom is 0.472 e. The number of nitrogens with zero attached hydrogens (tertiary/aromatic N) is 1. The Labute approximate surface area is 375 Å². The number of phosphoric ester groups is 1. The molecule has 0 radical (unpaired) electrons. The van der Waals surface area contributed by atoms with E-state index in [1.54, 1.807) is 0 Å². The second-order valence-corrected chi connectivity index (χ2v) is 18.9. The summed E-state index contributed by atoms with van der Waals surface area (Å²) in [6.07, 6.45) is 52.7.